The maximum atomic E-state index is 5.41. The van der Waals surface area contributed by atoms with Gasteiger partial charge in [0.2, 0.25) is 4.77 Å². The molecule has 6 heteroatoms. The van der Waals surface area contributed by atoms with E-state index >= 15 is 0 Å². The van der Waals surface area contributed by atoms with Gasteiger partial charge in [0.25, 0.3) is 0 Å². The molecule has 25 heavy (non-hydrogen) atoms. The summed E-state index contributed by atoms with van der Waals surface area (Å²) in [6, 6.07) is 16.4. The molecular weight excluding hydrogens is 332 g/mol. The molecule has 0 radical (unpaired) electrons. The van der Waals surface area contributed by atoms with Crippen molar-refractivity contribution < 1.29 is 9.64 Å². The Hall–Kier alpha value is -2.44. The average molecular weight is 355 g/mol. The summed E-state index contributed by atoms with van der Waals surface area (Å²) >= 11 is 5.41. The second kappa shape index (κ2) is 7.63. The maximum absolute atomic E-state index is 5.41. The smallest absolute Gasteiger partial charge is 0.221 e. The lowest BCUT2D eigenvalue weighted by molar-refractivity contribution is -0.917. The molecule has 130 valence electrons. The zero-order valence-corrected chi connectivity index (χ0v) is 15.6. The topological polar surface area (TPSA) is 47.3 Å². The summed E-state index contributed by atoms with van der Waals surface area (Å²) in [5.74, 6) is 1.68. The van der Waals surface area contributed by atoms with Crippen LogP contribution in [0, 0.1) is 11.7 Å². The molecule has 0 saturated heterocycles. The summed E-state index contributed by atoms with van der Waals surface area (Å²) in [5, 5.41) is 3.31. The number of ether oxygens (including phenoxy) is 1. The van der Waals surface area contributed by atoms with Gasteiger partial charge in [-0.25, -0.2) is 4.68 Å². The molecule has 0 saturated carbocycles. The van der Waals surface area contributed by atoms with E-state index in [-0.39, 0.29) is 0 Å². The molecule has 0 aliphatic carbocycles. The standard InChI is InChI=1S/C19H22N4OS/c1-14-4-8-16(9-5-14)18-20-19(25)23(21-18)13-22(2)12-15-6-10-17(24-3)11-7-15/h4-11H,12-13H2,1-3H3,(H,20,21,25)/p+1. The molecule has 1 atom stereocenters. The van der Waals surface area contributed by atoms with Crippen molar-refractivity contribution >= 4 is 12.2 Å². The van der Waals surface area contributed by atoms with Crippen LogP contribution in [0.1, 0.15) is 11.1 Å². The highest BCUT2D eigenvalue weighted by Crippen LogP contribution is 2.15. The first kappa shape index (κ1) is 17.4. The second-order valence-corrected chi connectivity index (χ2v) is 6.65. The molecule has 0 bridgehead atoms. The SMILES string of the molecule is COc1ccc(C[NH+](C)Cn2[nH]c(-c3ccc(C)cc3)nc2=S)cc1. The van der Waals surface area contributed by atoms with Crippen molar-refractivity contribution in [3.05, 3.63) is 64.4 Å². The number of hydrogen-bond donors (Lipinski definition) is 2. The number of aryl methyl sites for hydroxylation is 1. The van der Waals surface area contributed by atoms with Crippen LogP contribution in [0.4, 0.5) is 0 Å². The summed E-state index contributed by atoms with van der Waals surface area (Å²) in [6.45, 7) is 3.69. The summed E-state index contributed by atoms with van der Waals surface area (Å²) in [5.41, 5.74) is 3.52. The molecule has 5 nitrogen and oxygen atoms in total. The molecule has 0 spiro atoms. The molecule has 0 amide bonds. The van der Waals surface area contributed by atoms with E-state index in [1.54, 1.807) is 7.11 Å². The van der Waals surface area contributed by atoms with Crippen molar-refractivity contribution in [2.24, 2.45) is 0 Å². The number of aromatic amines is 1. The first-order valence-corrected chi connectivity index (χ1v) is 8.64. The Morgan fingerprint density at radius 1 is 1.12 bits per heavy atom. The number of aromatic nitrogens is 3. The lowest BCUT2D eigenvalue weighted by Crippen LogP contribution is -3.07. The Labute approximate surface area is 152 Å². The van der Waals surface area contributed by atoms with Crippen LogP contribution < -0.4 is 9.64 Å². The molecule has 3 aromatic rings. The van der Waals surface area contributed by atoms with Crippen molar-refractivity contribution in [3.63, 3.8) is 0 Å². The number of rotatable bonds is 6. The quantitative estimate of drug-likeness (QED) is 0.668. The van der Waals surface area contributed by atoms with Gasteiger partial charge in [-0.1, -0.05) is 29.8 Å². The lowest BCUT2D eigenvalue weighted by Gasteiger charge is -2.14. The highest BCUT2D eigenvalue weighted by molar-refractivity contribution is 7.71. The van der Waals surface area contributed by atoms with Crippen LogP contribution >= 0.6 is 12.2 Å². The predicted octanol–water partition coefficient (Wildman–Crippen LogP) is 2.60. The van der Waals surface area contributed by atoms with E-state index in [0.29, 0.717) is 4.77 Å². The van der Waals surface area contributed by atoms with Crippen LogP contribution in [0.15, 0.2) is 48.5 Å². The Bertz CT molecular complexity index is 881. The summed E-state index contributed by atoms with van der Waals surface area (Å²) in [4.78, 5) is 5.79. The van der Waals surface area contributed by atoms with Crippen molar-refractivity contribution in [1.29, 1.82) is 0 Å². The third-order valence-electron chi connectivity index (χ3n) is 4.10. The summed E-state index contributed by atoms with van der Waals surface area (Å²) < 4.78 is 7.69. The molecule has 2 aromatic carbocycles. The summed E-state index contributed by atoms with van der Waals surface area (Å²) in [6.07, 6.45) is 0. The molecular formula is C19H23N4OS+. The fourth-order valence-electron chi connectivity index (χ4n) is 2.72. The van der Waals surface area contributed by atoms with Crippen molar-refractivity contribution in [2.45, 2.75) is 20.1 Å². The van der Waals surface area contributed by atoms with E-state index < -0.39 is 0 Å². The van der Waals surface area contributed by atoms with Crippen LogP contribution in [0.3, 0.4) is 0 Å². The minimum absolute atomic E-state index is 0.574. The first-order valence-electron chi connectivity index (χ1n) is 8.23. The zero-order chi connectivity index (χ0) is 17.8. The van der Waals surface area contributed by atoms with E-state index in [1.165, 1.54) is 16.0 Å². The second-order valence-electron chi connectivity index (χ2n) is 6.29. The van der Waals surface area contributed by atoms with Crippen LogP contribution in [-0.2, 0) is 13.2 Å². The van der Waals surface area contributed by atoms with Gasteiger partial charge in [0.05, 0.1) is 14.2 Å². The van der Waals surface area contributed by atoms with Gasteiger partial charge >= 0.3 is 0 Å². The van der Waals surface area contributed by atoms with Gasteiger partial charge in [0, 0.05) is 11.1 Å². The van der Waals surface area contributed by atoms with Crippen LogP contribution in [0.2, 0.25) is 0 Å². The number of quaternary nitrogens is 1. The van der Waals surface area contributed by atoms with Gasteiger partial charge in [-0.2, -0.15) is 4.98 Å². The van der Waals surface area contributed by atoms with E-state index in [0.717, 1.165) is 30.4 Å². The summed E-state index contributed by atoms with van der Waals surface area (Å²) in [7, 11) is 3.82. The van der Waals surface area contributed by atoms with Gasteiger partial charge in [0.15, 0.2) is 12.5 Å². The normalized spacial score (nSPS) is 12.1. The minimum atomic E-state index is 0.574. The Morgan fingerprint density at radius 3 is 2.44 bits per heavy atom. The number of H-pyrrole nitrogens is 1. The van der Waals surface area contributed by atoms with Crippen molar-refractivity contribution in [1.82, 2.24) is 14.8 Å². The zero-order valence-electron chi connectivity index (χ0n) is 14.7. The van der Waals surface area contributed by atoms with Gasteiger partial charge < -0.3 is 9.64 Å². The third kappa shape index (κ3) is 4.35. The monoisotopic (exact) mass is 355 g/mol. The highest BCUT2D eigenvalue weighted by Gasteiger charge is 2.10. The van der Waals surface area contributed by atoms with Crippen LogP contribution in [0.25, 0.3) is 11.4 Å². The van der Waals surface area contributed by atoms with E-state index in [4.69, 9.17) is 17.0 Å². The lowest BCUT2D eigenvalue weighted by atomic mass is 10.1. The van der Waals surface area contributed by atoms with Crippen LogP contribution in [-0.4, -0.2) is 28.9 Å². The molecule has 1 aromatic heterocycles. The third-order valence-corrected chi connectivity index (χ3v) is 4.41. The van der Waals surface area contributed by atoms with E-state index in [1.807, 2.05) is 16.8 Å². The Morgan fingerprint density at radius 2 is 1.80 bits per heavy atom. The highest BCUT2D eigenvalue weighted by atomic mass is 32.1. The molecule has 3 rings (SSSR count). The number of benzene rings is 2. The van der Waals surface area contributed by atoms with Gasteiger partial charge in [-0.3, -0.25) is 5.10 Å². The molecule has 0 aliphatic heterocycles. The van der Waals surface area contributed by atoms with Gasteiger partial charge in [-0.15, -0.1) is 0 Å². The van der Waals surface area contributed by atoms with Crippen molar-refractivity contribution in [3.8, 4) is 17.1 Å². The van der Waals surface area contributed by atoms with E-state index in [2.05, 4.69) is 60.5 Å². The molecule has 1 unspecified atom stereocenters. The average Bonchev–Trinajstić information content (AvgIpc) is 2.96. The van der Waals surface area contributed by atoms with Gasteiger partial charge in [-0.05, 0) is 43.4 Å². The molecule has 1 heterocycles. The largest absolute Gasteiger partial charge is 0.497 e. The molecule has 0 aliphatic rings. The number of nitrogens with one attached hydrogen (secondary N) is 2. The number of methoxy groups -OCH3 is 1. The fraction of sp³-hybridized carbons (Fsp3) is 0.263. The van der Waals surface area contributed by atoms with Crippen molar-refractivity contribution in [2.75, 3.05) is 14.2 Å². The Kier molecular flexibility index (Phi) is 5.31. The minimum Gasteiger partial charge on any atom is -0.497 e. The molecule has 2 N–H and O–H groups in total. The molecule has 0 fully saturated rings. The number of nitrogens with zero attached hydrogens (tertiary/aromatic N) is 2. The van der Waals surface area contributed by atoms with E-state index in [9.17, 15) is 0 Å². The van der Waals surface area contributed by atoms with Crippen LogP contribution in [0.5, 0.6) is 5.75 Å². The first-order chi connectivity index (χ1) is 12.0. The Balaban J connectivity index is 1.69. The van der Waals surface area contributed by atoms with Gasteiger partial charge in [0.1, 0.15) is 12.3 Å². The fourth-order valence-corrected chi connectivity index (χ4v) is 2.92. The maximum Gasteiger partial charge on any atom is 0.221 e. The number of hydrogen-bond acceptors (Lipinski definition) is 3. The predicted molar refractivity (Wildman–Crippen MR) is 101 cm³/mol.